The van der Waals surface area contributed by atoms with Gasteiger partial charge in [0.2, 0.25) is 0 Å². The number of fused-ring (bicyclic) bond motifs is 9. The van der Waals surface area contributed by atoms with Crippen molar-refractivity contribution in [2.75, 3.05) is 0 Å². The number of aromatic nitrogens is 3. The first kappa shape index (κ1) is 21.1. The van der Waals surface area contributed by atoms with Crippen molar-refractivity contribution in [1.29, 1.82) is 0 Å². The molecule has 0 aliphatic heterocycles. The zero-order valence-electron chi connectivity index (χ0n) is 20.9. The smallest absolute Gasteiger partial charge is 0.0979 e. The van der Waals surface area contributed by atoms with E-state index in [2.05, 4.69) is 127 Å². The highest BCUT2D eigenvalue weighted by Gasteiger charge is 2.15. The molecule has 0 N–H and O–H groups in total. The minimum absolute atomic E-state index is 0.872. The van der Waals surface area contributed by atoms with Crippen molar-refractivity contribution in [3.63, 3.8) is 0 Å². The number of benzene rings is 6. The predicted octanol–water partition coefficient (Wildman–Crippen LogP) is 9.01. The summed E-state index contributed by atoms with van der Waals surface area (Å²) < 4.78 is 2.35. The Hall–Kier alpha value is -5.02. The summed E-state index contributed by atoms with van der Waals surface area (Å²) >= 11 is 0. The molecule has 0 atom stereocenters. The van der Waals surface area contributed by atoms with E-state index in [1.807, 2.05) is 6.20 Å². The molecule has 38 heavy (non-hydrogen) atoms. The zero-order chi connectivity index (χ0) is 25.2. The van der Waals surface area contributed by atoms with Crippen molar-refractivity contribution in [2.24, 2.45) is 0 Å². The van der Waals surface area contributed by atoms with Crippen molar-refractivity contribution in [1.82, 2.24) is 14.5 Å². The molecule has 8 aromatic rings. The quantitative estimate of drug-likeness (QED) is 0.229. The molecule has 0 saturated heterocycles. The van der Waals surface area contributed by atoms with Crippen LogP contribution in [0.15, 0.2) is 121 Å². The Labute approximate surface area is 219 Å². The maximum absolute atomic E-state index is 5.21. The molecule has 3 nitrogen and oxygen atoms in total. The van der Waals surface area contributed by atoms with E-state index >= 15 is 0 Å². The Balaban J connectivity index is 1.37. The van der Waals surface area contributed by atoms with Gasteiger partial charge in [0.1, 0.15) is 0 Å². The van der Waals surface area contributed by atoms with E-state index in [4.69, 9.17) is 9.97 Å². The van der Waals surface area contributed by atoms with E-state index in [1.54, 1.807) is 0 Å². The fourth-order valence-electron chi connectivity index (χ4n) is 5.93. The van der Waals surface area contributed by atoms with Gasteiger partial charge in [-0.25, -0.2) is 4.98 Å². The fraction of sp³-hybridized carbons (Fsp3) is 0.0286. The molecule has 0 aliphatic carbocycles. The Morgan fingerprint density at radius 3 is 1.97 bits per heavy atom. The number of hydrogen-bond acceptors (Lipinski definition) is 2. The van der Waals surface area contributed by atoms with Crippen LogP contribution in [0.1, 0.15) is 5.56 Å². The van der Waals surface area contributed by atoms with Crippen LogP contribution in [-0.4, -0.2) is 14.5 Å². The van der Waals surface area contributed by atoms with Crippen LogP contribution in [0.3, 0.4) is 0 Å². The topological polar surface area (TPSA) is 30.7 Å². The first-order valence-electron chi connectivity index (χ1n) is 12.9. The largest absolute Gasteiger partial charge is 0.309 e. The van der Waals surface area contributed by atoms with Crippen LogP contribution >= 0.6 is 0 Å². The summed E-state index contributed by atoms with van der Waals surface area (Å²) in [5.41, 5.74) is 8.58. The first-order valence-corrected chi connectivity index (χ1v) is 12.9. The monoisotopic (exact) mass is 485 g/mol. The number of aryl methyl sites for hydroxylation is 1. The van der Waals surface area contributed by atoms with Gasteiger partial charge in [0.15, 0.2) is 0 Å². The van der Waals surface area contributed by atoms with Gasteiger partial charge in [-0.05, 0) is 48.0 Å². The maximum Gasteiger partial charge on any atom is 0.0979 e. The second-order valence-electron chi connectivity index (χ2n) is 9.97. The molecule has 0 amide bonds. The van der Waals surface area contributed by atoms with Gasteiger partial charge in [-0.3, -0.25) is 4.98 Å². The Morgan fingerprint density at radius 1 is 0.526 bits per heavy atom. The molecule has 0 bridgehead atoms. The lowest BCUT2D eigenvalue weighted by atomic mass is 9.99. The minimum atomic E-state index is 0.872. The van der Waals surface area contributed by atoms with Gasteiger partial charge in [0.25, 0.3) is 0 Å². The van der Waals surface area contributed by atoms with Crippen LogP contribution in [0.4, 0.5) is 0 Å². The van der Waals surface area contributed by atoms with Gasteiger partial charge < -0.3 is 4.57 Å². The van der Waals surface area contributed by atoms with Crippen molar-refractivity contribution < 1.29 is 0 Å². The number of rotatable bonds is 2. The van der Waals surface area contributed by atoms with Crippen LogP contribution in [0.5, 0.6) is 0 Å². The molecule has 2 aromatic heterocycles. The predicted molar refractivity (Wildman–Crippen MR) is 159 cm³/mol. The van der Waals surface area contributed by atoms with Gasteiger partial charge in [-0.15, -0.1) is 0 Å². The molecule has 0 aliphatic rings. The van der Waals surface area contributed by atoms with Crippen LogP contribution < -0.4 is 0 Å². The van der Waals surface area contributed by atoms with E-state index in [1.165, 1.54) is 38.1 Å². The maximum atomic E-state index is 5.21. The average Bonchev–Trinajstić information content (AvgIpc) is 3.31. The van der Waals surface area contributed by atoms with Crippen molar-refractivity contribution in [3.8, 4) is 16.9 Å². The molecule has 0 radical (unpaired) electrons. The Bertz CT molecular complexity index is 2170. The van der Waals surface area contributed by atoms with E-state index in [-0.39, 0.29) is 0 Å². The molecular formula is C35H23N3. The third-order valence-electron chi connectivity index (χ3n) is 7.66. The average molecular weight is 486 g/mol. The van der Waals surface area contributed by atoms with Crippen LogP contribution in [0, 0.1) is 6.92 Å². The van der Waals surface area contributed by atoms with Gasteiger partial charge >= 0.3 is 0 Å². The lowest BCUT2D eigenvalue weighted by molar-refractivity contribution is 1.18. The summed E-state index contributed by atoms with van der Waals surface area (Å²) in [5.74, 6) is 0. The summed E-state index contributed by atoms with van der Waals surface area (Å²) in [6, 6.07) is 40.9. The van der Waals surface area contributed by atoms with Gasteiger partial charge in [-0.2, -0.15) is 0 Å². The van der Waals surface area contributed by atoms with E-state index in [0.29, 0.717) is 0 Å². The summed E-state index contributed by atoms with van der Waals surface area (Å²) in [6.07, 6.45) is 1.91. The summed E-state index contributed by atoms with van der Waals surface area (Å²) in [6.45, 7) is 2.15. The molecule has 3 heteroatoms. The highest BCUT2D eigenvalue weighted by atomic mass is 15.0. The summed E-state index contributed by atoms with van der Waals surface area (Å²) in [4.78, 5) is 10.2. The van der Waals surface area contributed by atoms with E-state index in [0.717, 1.165) is 38.8 Å². The number of nitrogens with zero attached hydrogens (tertiary/aromatic N) is 3. The molecule has 6 aromatic carbocycles. The first-order chi connectivity index (χ1) is 18.8. The van der Waals surface area contributed by atoms with Crippen molar-refractivity contribution in [2.45, 2.75) is 6.92 Å². The molecule has 8 rings (SSSR count). The molecular weight excluding hydrogens is 462 g/mol. The molecule has 2 heterocycles. The summed E-state index contributed by atoms with van der Waals surface area (Å²) in [5, 5.41) is 7.21. The number of para-hydroxylation sites is 1. The molecule has 0 unspecified atom stereocenters. The van der Waals surface area contributed by atoms with Crippen molar-refractivity contribution in [3.05, 3.63) is 127 Å². The molecule has 178 valence electrons. The van der Waals surface area contributed by atoms with Crippen LogP contribution in [0.2, 0.25) is 0 Å². The SMILES string of the molecule is Cc1ccc2c(c1)c1ccccc1n2-c1cccc(-c2cnc3c4ccccc4c4ccccc4c3n2)c1. The van der Waals surface area contributed by atoms with Gasteiger partial charge in [0, 0.05) is 32.8 Å². The number of hydrogen-bond donors (Lipinski definition) is 0. The second-order valence-corrected chi connectivity index (χ2v) is 9.97. The van der Waals surface area contributed by atoms with E-state index < -0.39 is 0 Å². The molecule has 0 spiro atoms. The third kappa shape index (κ3) is 3.02. The van der Waals surface area contributed by atoms with Crippen molar-refractivity contribution >= 4 is 54.4 Å². The molecule has 0 fully saturated rings. The lowest BCUT2D eigenvalue weighted by Crippen LogP contribution is -1.96. The normalized spacial score (nSPS) is 11.8. The standard InChI is InChI=1S/C35H23N3/c1-22-17-18-33-30(19-22)27-13-6-7-16-32(27)38(33)24-10-8-9-23(20-24)31-21-36-34-28-14-4-2-11-25(28)26-12-3-5-15-29(26)35(34)37-31/h2-21H,1H3. The van der Waals surface area contributed by atoms with Gasteiger partial charge in [-0.1, -0.05) is 90.5 Å². The van der Waals surface area contributed by atoms with Crippen LogP contribution in [-0.2, 0) is 0 Å². The third-order valence-corrected chi connectivity index (χ3v) is 7.66. The fourth-order valence-corrected chi connectivity index (χ4v) is 5.93. The zero-order valence-corrected chi connectivity index (χ0v) is 20.9. The second kappa shape index (κ2) is 7.99. The highest BCUT2D eigenvalue weighted by molar-refractivity contribution is 6.23. The lowest BCUT2D eigenvalue weighted by Gasteiger charge is -2.12. The highest BCUT2D eigenvalue weighted by Crippen LogP contribution is 2.36. The van der Waals surface area contributed by atoms with Gasteiger partial charge in [0.05, 0.1) is 34.0 Å². The Kier molecular flexibility index (Phi) is 4.44. The summed E-state index contributed by atoms with van der Waals surface area (Å²) in [7, 11) is 0. The minimum Gasteiger partial charge on any atom is -0.309 e. The van der Waals surface area contributed by atoms with Crippen LogP contribution in [0.25, 0.3) is 71.3 Å². The molecule has 0 saturated carbocycles. The Morgan fingerprint density at radius 2 is 1.18 bits per heavy atom. The van der Waals surface area contributed by atoms with E-state index in [9.17, 15) is 0 Å².